The number of carbonyl (C=O) groups is 2. The SMILES string of the molecule is CCOc1cc(C(=O)Nc2ccc3c(c2)CCO3)ccc1OCC(=O)N1CCCCC1. The number of likely N-dealkylation sites (tertiary alicyclic amines) is 1. The van der Waals surface area contributed by atoms with E-state index < -0.39 is 0 Å². The monoisotopic (exact) mass is 424 g/mol. The van der Waals surface area contributed by atoms with Crippen molar-refractivity contribution in [1.29, 1.82) is 0 Å². The Morgan fingerprint density at radius 2 is 1.87 bits per heavy atom. The van der Waals surface area contributed by atoms with Crippen LogP contribution in [0, 0.1) is 0 Å². The molecule has 7 nitrogen and oxygen atoms in total. The van der Waals surface area contributed by atoms with Crippen molar-refractivity contribution < 1.29 is 23.8 Å². The van der Waals surface area contributed by atoms with Gasteiger partial charge in [0, 0.05) is 30.8 Å². The fourth-order valence-electron chi connectivity index (χ4n) is 3.88. The second-order valence-electron chi connectivity index (χ2n) is 7.70. The van der Waals surface area contributed by atoms with E-state index in [0.29, 0.717) is 30.3 Å². The molecule has 1 N–H and O–H groups in total. The summed E-state index contributed by atoms with van der Waals surface area (Å²) in [4.78, 5) is 27.0. The lowest BCUT2D eigenvalue weighted by atomic mass is 10.1. The Hall–Kier alpha value is -3.22. The lowest BCUT2D eigenvalue weighted by molar-refractivity contribution is -0.134. The van der Waals surface area contributed by atoms with Gasteiger partial charge in [0.25, 0.3) is 11.8 Å². The summed E-state index contributed by atoms with van der Waals surface area (Å²) in [5.74, 6) is 1.51. The molecule has 0 saturated carbocycles. The molecule has 2 amide bonds. The molecule has 4 rings (SSSR count). The fraction of sp³-hybridized carbons (Fsp3) is 0.417. The first-order chi connectivity index (χ1) is 15.1. The summed E-state index contributed by atoms with van der Waals surface area (Å²) in [6, 6.07) is 10.6. The van der Waals surface area contributed by atoms with Crippen LogP contribution in [0.15, 0.2) is 36.4 Å². The lowest BCUT2D eigenvalue weighted by Crippen LogP contribution is -2.38. The quantitative estimate of drug-likeness (QED) is 0.734. The first-order valence-electron chi connectivity index (χ1n) is 10.9. The third kappa shape index (κ3) is 5.10. The molecule has 0 unspecified atom stereocenters. The minimum Gasteiger partial charge on any atom is -0.493 e. The fourth-order valence-corrected chi connectivity index (χ4v) is 3.88. The zero-order chi connectivity index (χ0) is 21.6. The van der Waals surface area contributed by atoms with Crippen molar-refractivity contribution in [3.63, 3.8) is 0 Å². The zero-order valence-corrected chi connectivity index (χ0v) is 17.8. The van der Waals surface area contributed by atoms with E-state index in [1.807, 2.05) is 30.0 Å². The van der Waals surface area contributed by atoms with Gasteiger partial charge in [-0.05, 0) is 68.1 Å². The molecule has 1 saturated heterocycles. The first kappa shape index (κ1) is 21.0. The molecule has 0 bridgehead atoms. The summed E-state index contributed by atoms with van der Waals surface area (Å²) in [7, 11) is 0. The highest BCUT2D eigenvalue weighted by atomic mass is 16.5. The molecule has 1 fully saturated rings. The average Bonchev–Trinajstić information content (AvgIpc) is 3.26. The van der Waals surface area contributed by atoms with Crippen LogP contribution in [-0.4, -0.2) is 49.6 Å². The number of anilines is 1. The topological polar surface area (TPSA) is 77.1 Å². The van der Waals surface area contributed by atoms with Gasteiger partial charge in [0.1, 0.15) is 5.75 Å². The summed E-state index contributed by atoms with van der Waals surface area (Å²) in [6.45, 7) is 4.49. The van der Waals surface area contributed by atoms with Crippen molar-refractivity contribution in [2.24, 2.45) is 0 Å². The van der Waals surface area contributed by atoms with E-state index in [1.165, 1.54) is 6.42 Å². The largest absolute Gasteiger partial charge is 0.493 e. The molecular weight excluding hydrogens is 396 g/mol. The van der Waals surface area contributed by atoms with E-state index in [-0.39, 0.29) is 18.4 Å². The molecule has 31 heavy (non-hydrogen) atoms. The molecule has 0 spiro atoms. The van der Waals surface area contributed by atoms with Crippen LogP contribution in [0.25, 0.3) is 0 Å². The van der Waals surface area contributed by atoms with Gasteiger partial charge in [-0.25, -0.2) is 0 Å². The van der Waals surface area contributed by atoms with Crippen LogP contribution in [0.2, 0.25) is 0 Å². The normalized spacial score (nSPS) is 15.1. The van der Waals surface area contributed by atoms with Crippen LogP contribution in [-0.2, 0) is 11.2 Å². The van der Waals surface area contributed by atoms with Crippen LogP contribution in [0.5, 0.6) is 17.2 Å². The standard InChI is InChI=1S/C24H28N2O5/c1-2-29-22-15-18(24(28)25-19-7-9-20-17(14-19)10-13-30-20)6-8-21(22)31-16-23(27)26-11-4-3-5-12-26/h6-9,14-15H,2-5,10-13,16H2,1H3,(H,25,28). The van der Waals surface area contributed by atoms with Crippen LogP contribution >= 0.6 is 0 Å². The Morgan fingerprint density at radius 1 is 1.03 bits per heavy atom. The van der Waals surface area contributed by atoms with E-state index >= 15 is 0 Å². The van der Waals surface area contributed by atoms with Crippen LogP contribution in [0.1, 0.15) is 42.1 Å². The second kappa shape index (κ2) is 9.73. The highest BCUT2D eigenvalue weighted by Crippen LogP contribution is 2.30. The highest BCUT2D eigenvalue weighted by molar-refractivity contribution is 6.04. The number of amides is 2. The number of ether oxygens (including phenoxy) is 3. The molecule has 164 valence electrons. The summed E-state index contributed by atoms with van der Waals surface area (Å²) >= 11 is 0. The number of hydrogen-bond donors (Lipinski definition) is 1. The maximum absolute atomic E-state index is 12.8. The molecule has 7 heteroatoms. The van der Waals surface area contributed by atoms with Gasteiger partial charge in [-0.2, -0.15) is 0 Å². The van der Waals surface area contributed by atoms with Crippen molar-refractivity contribution in [3.8, 4) is 17.2 Å². The number of nitrogens with one attached hydrogen (secondary N) is 1. The van der Waals surface area contributed by atoms with E-state index in [0.717, 1.165) is 49.4 Å². The number of rotatable bonds is 7. The number of hydrogen-bond acceptors (Lipinski definition) is 5. The smallest absolute Gasteiger partial charge is 0.260 e. The molecule has 2 aromatic rings. The number of carbonyl (C=O) groups excluding carboxylic acids is 2. The summed E-state index contributed by atoms with van der Waals surface area (Å²) in [6.07, 6.45) is 4.09. The third-order valence-electron chi connectivity index (χ3n) is 5.51. The van der Waals surface area contributed by atoms with E-state index in [4.69, 9.17) is 14.2 Å². The minimum atomic E-state index is -0.240. The van der Waals surface area contributed by atoms with Gasteiger partial charge in [-0.1, -0.05) is 0 Å². The van der Waals surface area contributed by atoms with Gasteiger partial charge < -0.3 is 24.4 Å². The molecule has 2 aliphatic rings. The third-order valence-corrected chi connectivity index (χ3v) is 5.51. The van der Waals surface area contributed by atoms with Crippen molar-refractivity contribution in [1.82, 2.24) is 4.90 Å². The molecule has 0 aliphatic carbocycles. The van der Waals surface area contributed by atoms with Crippen molar-refractivity contribution >= 4 is 17.5 Å². The van der Waals surface area contributed by atoms with Gasteiger partial charge in [-0.15, -0.1) is 0 Å². The van der Waals surface area contributed by atoms with Crippen molar-refractivity contribution in [3.05, 3.63) is 47.5 Å². The Balaban J connectivity index is 1.42. The highest BCUT2D eigenvalue weighted by Gasteiger charge is 2.19. The van der Waals surface area contributed by atoms with E-state index in [1.54, 1.807) is 18.2 Å². The van der Waals surface area contributed by atoms with Crippen LogP contribution < -0.4 is 19.5 Å². The maximum atomic E-state index is 12.8. The Labute approximate surface area is 182 Å². The van der Waals surface area contributed by atoms with Gasteiger partial charge in [-0.3, -0.25) is 9.59 Å². The van der Waals surface area contributed by atoms with Crippen LogP contribution in [0.3, 0.4) is 0 Å². The van der Waals surface area contributed by atoms with Gasteiger partial charge in [0.05, 0.1) is 13.2 Å². The molecule has 0 radical (unpaired) electrons. The Kier molecular flexibility index (Phi) is 6.60. The molecule has 0 atom stereocenters. The van der Waals surface area contributed by atoms with E-state index in [2.05, 4.69) is 5.32 Å². The van der Waals surface area contributed by atoms with Crippen LogP contribution in [0.4, 0.5) is 5.69 Å². The van der Waals surface area contributed by atoms with Crippen molar-refractivity contribution in [2.45, 2.75) is 32.6 Å². The zero-order valence-electron chi connectivity index (χ0n) is 17.8. The minimum absolute atomic E-state index is 0.0236. The number of fused-ring (bicyclic) bond motifs is 1. The predicted molar refractivity (Wildman–Crippen MR) is 117 cm³/mol. The number of piperidine rings is 1. The lowest BCUT2D eigenvalue weighted by Gasteiger charge is -2.26. The Bertz CT molecular complexity index is 953. The van der Waals surface area contributed by atoms with E-state index in [9.17, 15) is 9.59 Å². The summed E-state index contributed by atoms with van der Waals surface area (Å²) in [5, 5.41) is 2.92. The molecule has 0 aromatic heterocycles. The van der Waals surface area contributed by atoms with Gasteiger partial charge in [0.15, 0.2) is 18.1 Å². The summed E-state index contributed by atoms with van der Waals surface area (Å²) in [5.41, 5.74) is 2.27. The Morgan fingerprint density at radius 3 is 2.68 bits per heavy atom. The van der Waals surface area contributed by atoms with Crippen molar-refractivity contribution in [2.75, 3.05) is 38.2 Å². The molecular formula is C24H28N2O5. The average molecular weight is 424 g/mol. The molecule has 2 aromatic carbocycles. The first-order valence-corrected chi connectivity index (χ1v) is 10.9. The number of benzene rings is 2. The molecule has 2 heterocycles. The maximum Gasteiger partial charge on any atom is 0.260 e. The summed E-state index contributed by atoms with van der Waals surface area (Å²) < 4.78 is 16.9. The number of nitrogens with zero attached hydrogens (tertiary/aromatic N) is 1. The van der Waals surface area contributed by atoms with Gasteiger partial charge in [0.2, 0.25) is 0 Å². The predicted octanol–water partition coefficient (Wildman–Crippen LogP) is 3.66. The molecule has 2 aliphatic heterocycles. The second-order valence-corrected chi connectivity index (χ2v) is 7.70. The van der Waals surface area contributed by atoms with Gasteiger partial charge >= 0.3 is 0 Å².